The molecule has 0 amide bonds. The molecule has 1 aliphatic rings. The zero-order valence-corrected chi connectivity index (χ0v) is 12.3. The van der Waals surface area contributed by atoms with Gasteiger partial charge in [-0.1, -0.05) is 18.6 Å². The number of aryl methyl sites for hydroxylation is 1. The standard InChI is InChI=1S/C17H22N2O/c1-12-5-7-19(8-6-12)11-17(20)15-10-18-16-4-3-13(2)9-14(15)16/h3-4,9-10,12,18H,5-8,11H2,1-2H3/p+1. The van der Waals surface area contributed by atoms with Gasteiger partial charge in [0.05, 0.1) is 13.1 Å². The van der Waals surface area contributed by atoms with Crippen molar-refractivity contribution < 1.29 is 9.69 Å². The molecule has 0 saturated carbocycles. The lowest BCUT2D eigenvalue weighted by atomic mass is 9.98. The van der Waals surface area contributed by atoms with Crippen molar-refractivity contribution in [3.8, 4) is 0 Å². The first-order chi connectivity index (χ1) is 9.63. The Bertz CT molecular complexity index is 621. The smallest absolute Gasteiger partial charge is 0.219 e. The Morgan fingerprint density at radius 3 is 2.85 bits per heavy atom. The quantitative estimate of drug-likeness (QED) is 0.823. The maximum Gasteiger partial charge on any atom is 0.219 e. The van der Waals surface area contributed by atoms with Crippen molar-refractivity contribution in [3.05, 3.63) is 35.5 Å². The number of aromatic amines is 1. The third kappa shape index (κ3) is 2.63. The second-order valence-electron chi connectivity index (χ2n) is 6.28. The van der Waals surface area contributed by atoms with Crippen LogP contribution in [-0.2, 0) is 0 Å². The minimum Gasteiger partial charge on any atom is -0.360 e. The van der Waals surface area contributed by atoms with Gasteiger partial charge in [-0.3, -0.25) is 4.79 Å². The van der Waals surface area contributed by atoms with Gasteiger partial charge in [0, 0.05) is 22.7 Å². The number of H-pyrrole nitrogens is 1. The molecule has 1 aromatic heterocycles. The predicted octanol–water partition coefficient (Wildman–Crippen LogP) is 1.97. The molecule has 0 radical (unpaired) electrons. The number of benzene rings is 1. The molecule has 0 bridgehead atoms. The predicted molar refractivity (Wildman–Crippen MR) is 81.3 cm³/mol. The van der Waals surface area contributed by atoms with E-state index in [0.717, 1.165) is 35.5 Å². The number of ketones is 1. The van der Waals surface area contributed by atoms with E-state index in [-0.39, 0.29) is 5.78 Å². The first-order valence-electron chi connectivity index (χ1n) is 7.58. The average molecular weight is 271 g/mol. The Morgan fingerprint density at radius 2 is 2.10 bits per heavy atom. The molecule has 1 aromatic carbocycles. The number of hydrogen-bond donors (Lipinski definition) is 2. The van der Waals surface area contributed by atoms with Gasteiger partial charge >= 0.3 is 0 Å². The minimum atomic E-state index is 0.270. The van der Waals surface area contributed by atoms with Crippen LogP contribution in [-0.4, -0.2) is 30.4 Å². The third-order valence-electron chi connectivity index (χ3n) is 4.53. The van der Waals surface area contributed by atoms with Crippen LogP contribution >= 0.6 is 0 Å². The van der Waals surface area contributed by atoms with E-state index >= 15 is 0 Å². The van der Waals surface area contributed by atoms with Crippen LogP contribution in [0.15, 0.2) is 24.4 Å². The van der Waals surface area contributed by atoms with Gasteiger partial charge in [0.25, 0.3) is 0 Å². The molecule has 3 heteroatoms. The average Bonchev–Trinajstić information content (AvgIpc) is 2.84. The van der Waals surface area contributed by atoms with E-state index in [0.29, 0.717) is 6.54 Å². The van der Waals surface area contributed by atoms with Crippen LogP contribution in [0.1, 0.15) is 35.7 Å². The van der Waals surface area contributed by atoms with Gasteiger partial charge in [-0.05, 0) is 37.8 Å². The number of fused-ring (bicyclic) bond motifs is 1. The summed E-state index contributed by atoms with van der Waals surface area (Å²) < 4.78 is 0. The van der Waals surface area contributed by atoms with Gasteiger partial charge in [0.1, 0.15) is 6.54 Å². The van der Waals surface area contributed by atoms with Crippen LogP contribution in [0.2, 0.25) is 0 Å². The van der Waals surface area contributed by atoms with Gasteiger partial charge in [-0.15, -0.1) is 0 Å². The molecular formula is C17H23N2O+. The molecule has 0 aliphatic carbocycles. The largest absolute Gasteiger partial charge is 0.360 e. The summed E-state index contributed by atoms with van der Waals surface area (Å²) in [5, 5.41) is 1.07. The van der Waals surface area contributed by atoms with Crippen molar-refractivity contribution in [2.45, 2.75) is 26.7 Å². The van der Waals surface area contributed by atoms with Crippen LogP contribution in [0, 0.1) is 12.8 Å². The summed E-state index contributed by atoms with van der Waals surface area (Å²) in [6, 6.07) is 6.23. The molecule has 0 atom stereocenters. The zero-order chi connectivity index (χ0) is 14.1. The molecule has 1 saturated heterocycles. The molecule has 3 nitrogen and oxygen atoms in total. The van der Waals surface area contributed by atoms with Gasteiger partial charge in [-0.25, -0.2) is 0 Å². The maximum atomic E-state index is 12.5. The lowest BCUT2D eigenvalue weighted by Gasteiger charge is -2.26. The van der Waals surface area contributed by atoms with E-state index in [2.05, 4.69) is 37.0 Å². The number of piperidine rings is 1. The fraction of sp³-hybridized carbons (Fsp3) is 0.471. The van der Waals surface area contributed by atoms with Crippen molar-refractivity contribution in [2.75, 3.05) is 19.6 Å². The minimum absolute atomic E-state index is 0.270. The van der Waals surface area contributed by atoms with Crippen LogP contribution in [0.3, 0.4) is 0 Å². The molecule has 1 aliphatic heterocycles. The second-order valence-corrected chi connectivity index (χ2v) is 6.28. The maximum absolute atomic E-state index is 12.5. The van der Waals surface area contributed by atoms with Crippen molar-refractivity contribution >= 4 is 16.7 Å². The highest BCUT2D eigenvalue weighted by molar-refractivity contribution is 6.08. The van der Waals surface area contributed by atoms with E-state index in [1.54, 1.807) is 0 Å². The molecule has 0 spiro atoms. The number of aromatic nitrogens is 1. The van der Waals surface area contributed by atoms with E-state index in [9.17, 15) is 4.79 Å². The summed E-state index contributed by atoms with van der Waals surface area (Å²) in [7, 11) is 0. The van der Waals surface area contributed by atoms with Gasteiger partial charge in [0.15, 0.2) is 0 Å². The number of carbonyl (C=O) groups excluding carboxylic acids is 1. The lowest BCUT2D eigenvalue weighted by molar-refractivity contribution is -0.897. The zero-order valence-electron chi connectivity index (χ0n) is 12.3. The number of carbonyl (C=O) groups is 1. The molecule has 2 N–H and O–H groups in total. The molecule has 106 valence electrons. The topological polar surface area (TPSA) is 37.3 Å². The van der Waals surface area contributed by atoms with Gasteiger partial charge < -0.3 is 9.88 Å². The highest BCUT2D eigenvalue weighted by Crippen LogP contribution is 2.19. The summed E-state index contributed by atoms with van der Waals surface area (Å²) in [5.74, 6) is 1.09. The third-order valence-corrected chi connectivity index (χ3v) is 4.53. The summed E-state index contributed by atoms with van der Waals surface area (Å²) >= 11 is 0. The first-order valence-corrected chi connectivity index (χ1v) is 7.58. The van der Waals surface area contributed by atoms with E-state index in [1.165, 1.54) is 23.3 Å². The van der Waals surface area contributed by atoms with Crippen molar-refractivity contribution in [1.82, 2.24) is 4.98 Å². The van der Waals surface area contributed by atoms with Crippen molar-refractivity contribution in [1.29, 1.82) is 0 Å². The molecular weight excluding hydrogens is 248 g/mol. The summed E-state index contributed by atoms with van der Waals surface area (Å²) in [6.07, 6.45) is 4.36. The second kappa shape index (κ2) is 5.41. The van der Waals surface area contributed by atoms with Crippen molar-refractivity contribution in [3.63, 3.8) is 0 Å². The fourth-order valence-electron chi connectivity index (χ4n) is 3.13. The van der Waals surface area contributed by atoms with Crippen molar-refractivity contribution in [2.24, 2.45) is 5.92 Å². The number of likely N-dealkylation sites (tertiary alicyclic amines) is 1. The number of Topliss-reactive ketones (excluding diaryl/α,β-unsaturated/α-hetero) is 1. The van der Waals surface area contributed by atoms with E-state index < -0.39 is 0 Å². The van der Waals surface area contributed by atoms with Crippen LogP contribution < -0.4 is 4.90 Å². The number of hydrogen-bond acceptors (Lipinski definition) is 1. The Hall–Kier alpha value is -1.61. The normalized spacial score (nSPS) is 23.1. The molecule has 20 heavy (non-hydrogen) atoms. The molecule has 3 rings (SSSR count). The van der Waals surface area contributed by atoms with Crippen LogP contribution in [0.4, 0.5) is 0 Å². The monoisotopic (exact) mass is 271 g/mol. The Morgan fingerprint density at radius 1 is 1.35 bits per heavy atom. The molecule has 2 aromatic rings. The highest BCUT2D eigenvalue weighted by atomic mass is 16.1. The Labute approximate surface area is 120 Å². The van der Waals surface area contributed by atoms with E-state index in [4.69, 9.17) is 0 Å². The number of nitrogens with one attached hydrogen (secondary N) is 2. The molecule has 1 fully saturated rings. The van der Waals surface area contributed by atoms with Gasteiger partial charge in [-0.2, -0.15) is 0 Å². The van der Waals surface area contributed by atoms with Gasteiger partial charge in [0.2, 0.25) is 5.78 Å². The highest BCUT2D eigenvalue weighted by Gasteiger charge is 2.23. The van der Waals surface area contributed by atoms with E-state index in [1.807, 2.05) is 6.20 Å². The van der Waals surface area contributed by atoms with Crippen LogP contribution in [0.25, 0.3) is 10.9 Å². The Balaban J connectivity index is 1.77. The number of rotatable bonds is 3. The first kappa shape index (κ1) is 13.4. The molecule has 2 heterocycles. The number of quaternary nitrogens is 1. The van der Waals surface area contributed by atoms with Crippen LogP contribution in [0.5, 0.6) is 0 Å². The molecule has 0 unspecified atom stereocenters. The summed E-state index contributed by atoms with van der Waals surface area (Å²) in [4.78, 5) is 17.2. The summed E-state index contributed by atoms with van der Waals surface area (Å²) in [5.41, 5.74) is 3.11. The SMILES string of the molecule is Cc1ccc2[nH]cc(C(=O)C[NH+]3CCC(C)CC3)c2c1. The lowest BCUT2D eigenvalue weighted by Crippen LogP contribution is -3.13. The Kier molecular flexibility index (Phi) is 3.62. The summed E-state index contributed by atoms with van der Waals surface area (Å²) in [6.45, 7) is 7.27. The fourth-order valence-corrected chi connectivity index (χ4v) is 3.13.